The molecular weight excluding hydrogens is 248 g/mol. The minimum atomic E-state index is 0.834. The molecule has 0 aromatic carbocycles. The Kier molecular flexibility index (Phi) is 4.54. The van der Waals surface area contributed by atoms with Crippen molar-refractivity contribution in [3.05, 3.63) is 0 Å². The Bertz CT molecular complexity index is 174. The fourth-order valence-corrected chi connectivity index (χ4v) is 4.15. The van der Waals surface area contributed by atoms with E-state index in [1.807, 2.05) is 0 Å². The molecule has 0 aromatic rings. The van der Waals surface area contributed by atoms with Crippen molar-refractivity contribution in [3.63, 3.8) is 0 Å². The zero-order valence-corrected chi connectivity index (χ0v) is 11.6. The third-order valence-corrected chi connectivity index (χ3v) is 5.75. The predicted octanol–water partition coefficient (Wildman–Crippen LogP) is 5.16. The van der Waals surface area contributed by atoms with Crippen LogP contribution in [0.2, 0.25) is 0 Å². The van der Waals surface area contributed by atoms with E-state index in [2.05, 4.69) is 22.9 Å². The summed E-state index contributed by atoms with van der Waals surface area (Å²) in [6, 6.07) is 0. The van der Waals surface area contributed by atoms with Gasteiger partial charge in [-0.1, -0.05) is 42.1 Å². The highest BCUT2D eigenvalue weighted by Gasteiger charge is 2.29. The second-order valence-corrected chi connectivity index (χ2v) is 7.00. The minimum Gasteiger partial charge on any atom is -0.0891 e. The summed E-state index contributed by atoms with van der Waals surface area (Å²) >= 11 is 3.76. The van der Waals surface area contributed by atoms with Gasteiger partial charge in [-0.25, -0.2) is 0 Å². The molecule has 88 valence electrons. The van der Waals surface area contributed by atoms with Gasteiger partial charge in [0.05, 0.1) is 0 Å². The van der Waals surface area contributed by atoms with Gasteiger partial charge in [0.1, 0.15) is 0 Å². The summed E-state index contributed by atoms with van der Waals surface area (Å²) in [7, 11) is 0. The summed E-state index contributed by atoms with van der Waals surface area (Å²) in [6.07, 6.45) is 13.4. The Balaban J connectivity index is 1.75. The van der Waals surface area contributed by atoms with E-state index in [4.69, 9.17) is 0 Å². The average molecular weight is 273 g/mol. The van der Waals surface area contributed by atoms with Crippen LogP contribution in [0.5, 0.6) is 0 Å². The lowest BCUT2D eigenvalue weighted by atomic mass is 9.70. The lowest BCUT2D eigenvalue weighted by Crippen LogP contribution is -2.25. The van der Waals surface area contributed by atoms with Crippen LogP contribution in [0.15, 0.2) is 0 Å². The van der Waals surface area contributed by atoms with Crippen LogP contribution < -0.4 is 0 Å². The highest BCUT2D eigenvalue weighted by atomic mass is 79.9. The topological polar surface area (TPSA) is 0 Å². The molecule has 0 aliphatic heterocycles. The molecule has 0 atom stereocenters. The van der Waals surface area contributed by atoms with Gasteiger partial charge in [0.15, 0.2) is 0 Å². The van der Waals surface area contributed by atoms with Gasteiger partial charge < -0.3 is 0 Å². The zero-order chi connectivity index (χ0) is 10.7. The van der Waals surface area contributed by atoms with Crippen molar-refractivity contribution in [2.24, 2.45) is 17.8 Å². The van der Waals surface area contributed by atoms with Crippen LogP contribution in [0, 0.1) is 17.8 Å². The van der Waals surface area contributed by atoms with Gasteiger partial charge in [-0.2, -0.15) is 0 Å². The lowest BCUT2D eigenvalue weighted by molar-refractivity contribution is 0.168. The van der Waals surface area contributed by atoms with Gasteiger partial charge in [0.25, 0.3) is 0 Å². The first-order chi connectivity index (χ1) is 7.29. The standard InChI is InChI=1S/C14H25Br/c1-2-11-3-5-12(6-4-11)13-7-9-14(15)10-8-13/h11-14H,2-10H2,1H3/t11-,12-,13?,14?. The van der Waals surface area contributed by atoms with E-state index in [0.29, 0.717) is 0 Å². The van der Waals surface area contributed by atoms with E-state index in [-0.39, 0.29) is 0 Å². The maximum absolute atomic E-state index is 3.76. The molecule has 0 bridgehead atoms. The molecular formula is C14H25Br. The number of halogens is 1. The molecule has 0 saturated heterocycles. The smallest absolute Gasteiger partial charge is 0.0146 e. The van der Waals surface area contributed by atoms with Crippen molar-refractivity contribution in [2.75, 3.05) is 0 Å². The predicted molar refractivity (Wildman–Crippen MR) is 70.4 cm³/mol. The highest BCUT2D eigenvalue weighted by molar-refractivity contribution is 9.09. The molecule has 2 fully saturated rings. The van der Waals surface area contributed by atoms with Crippen LogP contribution in [0.3, 0.4) is 0 Å². The van der Waals surface area contributed by atoms with E-state index in [0.717, 1.165) is 22.6 Å². The molecule has 2 aliphatic rings. The average Bonchev–Trinajstić information content (AvgIpc) is 2.30. The minimum absolute atomic E-state index is 0.834. The van der Waals surface area contributed by atoms with Gasteiger partial charge in [-0.15, -0.1) is 0 Å². The van der Waals surface area contributed by atoms with Crippen molar-refractivity contribution in [1.29, 1.82) is 0 Å². The number of hydrogen-bond acceptors (Lipinski definition) is 0. The van der Waals surface area contributed by atoms with Crippen molar-refractivity contribution >= 4 is 15.9 Å². The third kappa shape index (κ3) is 3.22. The molecule has 0 spiro atoms. The van der Waals surface area contributed by atoms with Crippen molar-refractivity contribution in [3.8, 4) is 0 Å². The Labute approximate surface area is 103 Å². The monoisotopic (exact) mass is 272 g/mol. The Morgan fingerprint density at radius 1 is 0.800 bits per heavy atom. The normalized spacial score (nSPS) is 42.8. The van der Waals surface area contributed by atoms with Crippen molar-refractivity contribution in [1.82, 2.24) is 0 Å². The summed E-state index contributed by atoms with van der Waals surface area (Å²) in [4.78, 5) is 0.834. The molecule has 0 amide bonds. The van der Waals surface area contributed by atoms with Crippen LogP contribution in [0.4, 0.5) is 0 Å². The van der Waals surface area contributed by atoms with E-state index in [1.165, 1.54) is 57.8 Å². The molecule has 2 aliphatic carbocycles. The van der Waals surface area contributed by atoms with Crippen molar-refractivity contribution in [2.45, 2.75) is 69.5 Å². The largest absolute Gasteiger partial charge is 0.0891 e. The fourth-order valence-electron chi connectivity index (χ4n) is 3.62. The molecule has 1 heteroatoms. The van der Waals surface area contributed by atoms with Crippen molar-refractivity contribution < 1.29 is 0 Å². The third-order valence-electron chi connectivity index (χ3n) is 4.84. The summed E-state index contributed by atoms with van der Waals surface area (Å²) in [6.45, 7) is 2.36. The Hall–Kier alpha value is 0.480. The quantitative estimate of drug-likeness (QED) is 0.610. The second kappa shape index (κ2) is 5.70. The van der Waals surface area contributed by atoms with Gasteiger partial charge >= 0.3 is 0 Å². The maximum atomic E-state index is 3.76. The van der Waals surface area contributed by atoms with Crippen LogP contribution in [0.25, 0.3) is 0 Å². The first-order valence-electron chi connectivity index (χ1n) is 6.93. The summed E-state index contributed by atoms with van der Waals surface area (Å²) in [5.74, 6) is 3.23. The molecule has 2 rings (SSSR count). The molecule has 0 aromatic heterocycles. The van der Waals surface area contributed by atoms with E-state index >= 15 is 0 Å². The van der Waals surface area contributed by atoms with Crippen LogP contribution in [0.1, 0.15) is 64.7 Å². The number of alkyl halides is 1. The van der Waals surface area contributed by atoms with E-state index in [9.17, 15) is 0 Å². The SMILES string of the molecule is CC[C@H]1CC[C@H](C2CCC(Br)CC2)CC1. The van der Waals surface area contributed by atoms with Gasteiger partial charge in [-0.3, -0.25) is 0 Å². The molecule has 15 heavy (non-hydrogen) atoms. The Morgan fingerprint density at radius 3 is 1.73 bits per heavy atom. The number of rotatable bonds is 2. The molecule has 0 N–H and O–H groups in total. The van der Waals surface area contributed by atoms with Gasteiger partial charge in [-0.05, 0) is 56.3 Å². The first-order valence-corrected chi connectivity index (χ1v) is 7.85. The van der Waals surface area contributed by atoms with E-state index in [1.54, 1.807) is 0 Å². The highest BCUT2D eigenvalue weighted by Crippen LogP contribution is 2.41. The fraction of sp³-hybridized carbons (Fsp3) is 1.00. The summed E-state index contributed by atoms with van der Waals surface area (Å²) in [5, 5.41) is 0. The Morgan fingerprint density at radius 2 is 1.27 bits per heavy atom. The number of hydrogen-bond donors (Lipinski definition) is 0. The lowest BCUT2D eigenvalue weighted by Gasteiger charge is -2.36. The van der Waals surface area contributed by atoms with Crippen LogP contribution in [-0.4, -0.2) is 4.83 Å². The molecule has 0 unspecified atom stereocenters. The summed E-state index contributed by atoms with van der Waals surface area (Å²) < 4.78 is 0. The summed E-state index contributed by atoms with van der Waals surface area (Å²) in [5.41, 5.74) is 0. The van der Waals surface area contributed by atoms with Crippen LogP contribution in [-0.2, 0) is 0 Å². The molecule has 2 saturated carbocycles. The molecule has 0 nitrogen and oxygen atoms in total. The molecule has 0 radical (unpaired) electrons. The van der Waals surface area contributed by atoms with Gasteiger partial charge in [0, 0.05) is 4.83 Å². The zero-order valence-electron chi connectivity index (χ0n) is 10.1. The first kappa shape index (κ1) is 12.0. The van der Waals surface area contributed by atoms with E-state index < -0.39 is 0 Å². The maximum Gasteiger partial charge on any atom is 0.0146 e. The van der Waals surface area contributed by atoms with Gasteiger partial charge in [0.2, 0.25) is 0 Å². The molecule has 0 heterocycles. The second-order valence-electron chi connectivity index (χ2n) is 5.70. The van der Waals surface area contributed by atoms with Crippen LogP contribution >= 0.6 is 15.9 Å².